The Bertz CT molecular complexity index is 1050. The molecular weight excluding hydrogens is 516 g/mol. The Morgan fingerprint density at radius 2 is 1.74 bits per heavy atom. The van der Waals surface area contributed by atoms with Crippen LogP contribution in [0.4, 0.5) is 13.2 Å². The number of hydrogen-bond acceptors (Lipinski definition) is 3. The Morgan fingerprint density at radius 1 is 1.03 bits per heavy atom. The molecule has 0 bridgehead atoms. The Kier molecular flexibility index (Phi) is 8.95. The predicted octanol–water partition coefficient (Wildman–Crippen LogP) is 7.96. The number of halogens is 5. The smallest absolute Gasteiger partial charge is 0.348 e. The summed E-state index contributed by atoms with van der Waals surface area (Å²) in [5.74, 6) is -0.598. The molecule has 0 spiro atoms. The molecule has 2 aromatic rings. The van der Waals surface area contributed by atoms with E-state index in [1.807, 2.05) is 17.0 Å². The van der Waals surface area contributed by atoms with Gasteiger partial charge in [0.05, 0.1) is 5.56 Å². The normalized spacial score (nSPS) is 17.6. The van der Waals surface area contributed by atoms with E-state index in [9.17, 15) is 18.0 Å². The van der Waals surface area contributed by atoms with Crippen LogP contribution in [0.15, 0.2) is 35.2 Å². The standard InChI is InChI=1S/C26H29Cl2F3N2OS/c27-19-8-9-24(35-20-6-2-3-7-20)18(12-19)15-32-25(34)17-13-22(26(29,30)31)21(23(28)14-17)16-33-10-4-1-5-11-33/h8-9,12-14,20H,1-7,10-11,15-16H2,(H,32,34). The van der Waals surface area contributed by atoms with Crippen LogP contribution in [0, 0.1) is 0 Å². The van der Waals surface area contributed by atoms with Gasteiger partial charge in [-0.15, -0.1) is 11.8 Å². The van der Waals surface area contributed by atoms with Gasteiger partial charge in [0, 0.05) is 38.8 Å². The fourth-order valence-electron chi connectivity index (χ4n) is 4.79. The third kappa shape index (κ3) is 7.09. The van der Waals surface area contributed by atoms with E-state index in [1.54, 1.807) is 17.8 Å². The zero-order valence-electron chi connectivity index (χ0n) is 19.4. The highest BCUT2D eigenvalue weighted by molar-refractivity contribution is 8.00. The van der Waals surface area contributed by atoms with E-state index in [1.165, 1.54) is 18.9 Å². The largest absolute Gasteiger partial charge is 0.416 e. The molecule has 1 saturated carbocycles. The molecule has 35 heavy (non-hydrogen) atoms. The van der Waals surface area contributed by atoms with Gasteiger partial charge in [0.15, 0.2) is 0 Å². The van der Waals surface area contributed by atoms with Gasteiger partial charge in [-0.1, -0.05) is 42.5 Å². The molecule has 1 aliphatic carbocycles. The average Bonchev–Trinajstić information content (AvgIpc) is 3.33. The van der Waals surface area contributed by atoms with Gasteiger partial charge >= 0.3 is 6.18 Å². The molecule has 190 valence electrons. The molecule has 2 aliphatic rings. The van der Waals surface area contributed by atoms with Gasteiger partial charge in [0.25, 0.3) is 5.91 Å². The van der Waals surface area contributed by atoms with E-state index >= 15 is 0 Å². The Morgan fingerprint density at radius 3 is 2.43 bits per heavy atom. The number of carbonyl (C=O) groups excluding carboxylic acids is 1. The van der Waals surface area contributed by atoms with E-state index in [0.717, 1.165) is 61.7 Å². The minimum absolute atomic E-state index is 0.0303. The molecule has 0 atom stereocenters. The molecule has 2 fully saturated rings. The van der Waals surface area contributed by atoms with Crippen molar-refractivity contribution < 1.29 is 18.0 Å². The van der Waals surface area contributed by atoms with Crippen molar-refractivity contribution in [2.45, 2.75) is 74.4 Å². The number of carbonyl (C=O) groups is 1. The number of nitrogens with zero attached hydrogens (tertiary/aromatic N) is 1. The van der Waals surface area contributed by atoms with Crippen molar-refractivity contribution in [3.8, 4) is 0 Å². The molecule has 0 aromatic heterocycles. The van der Waals surface area contributed by atoms with Crippen LogP contribution in [0.5, 0.6) is 0 Å². The summed E-state index contributed by atoms with van der Waals surface area (Å²) < 4.78 is 41.8. The summed E-state index contributed by atoms with van der Waals surface area (Å²) in [6, 6.07) is 7.83. The topological polar surface area (TPSA) is 32.3 Å². The molecule has 3 nitrogen and oxygen atoms in total. The Labute approximate surface area is 218 Å². The van der Waals surface area contributed by atoms with Crippen molar-refractivity contribution in [2.24, 2.45) is 0 Å². The molecule has 1 amide bonds. The first kappa shape index (κ1) is 26.6. The number of likely N-dealkylation sites (tertiary alicyclic amines) is 1. The molecule has 4 rings (SSSR count). The van der Waals surface area contributed by atoms with Crippen LogP contribution >= 0.6 is 35.0 Å². The first-order chi connectivity index (χ1) is 16.7. The number of alkyl halides is 3. The van der Waals surface area contributed by atoms with Crippen molar-refractivity contribution in [1.82, 2.24) is 10.2 Å². The van der Waals surface area contributed by atoms with Gasteiger partial charge in [-0.3, -0.25) is 9.69 Å². The van der Waals surface area contributed by atoms with Crippen molar-refractivity contribution >= 4 is 40.9 Å². The number of nitrogens with one attached hydrogen (secondary N) is 1. The molecule has 9 heteroatoms. The highest BCUT2D eigenvalue weighted by Crippen LogP contribution is 2.38. The van der Waals surface area contributed by atoms with E-state index in [0.29, 0.717) is 10.3 Å². The Hall–Kier alpha value is -1.41. The maximum atomic E-state index is 13.9. The summed E-state index contributed by atoms with van der Waals surface area (Å²) in [6.45, 7) is 1.79. The zero-order valence-corrected chi connectivity index (χ0v) is 21.7. The second-order valence-electron chi connectivity index (χ2n) is 9.28. The van der Waals surface area contributed by atoms with Gasteiger partial charge in [0.2, 0.25) is 0 Å². The summed E-state index contributed by atoms with van der Waals surface area (Å²) in [5, 5.41) is 3.82. The zero-order chi connectivity index (χ0) is 25.0. The molecule has 1 saturated heterocycles. The molecule has 1 aliphatic heterocycles. The van der Waals surface area contributed by atoms with Gasteiger partial charge in [-0.2, -0.15) is 13.2 Å². The van der Waals surface area contributed by atoms with Crippen molar-refractivity contribution in [2.75, 3.05) is 13.1 Å². The highest BCUT2D eigenvalue weighted by Gasteiger charge is 2.36. The number of hydrogen-bond donors (Lipinski definition) is 1. The van der Waals surface area contributed by atoms with Gasteiger partial charge in [-0.25, -0.2) is 0 Å². The van der Waals surface area contributed by atoms with E-state index < -0.39 is 17.6 Å². The van der Waals surface area contributed by atoms with Gasteiger partial charge in [0.1, 0.15) is 0 Å². The van der Waals surface area contributed by atoms with Crippen LogP contribution in [0.2, 0.25) is 10.0 Å². The second-order valence-corrected chi connectivity index (χ2v) is 11.5. The van der Waals surface area contributed by atoms with Crippen molar-refractivity contribution in [3.63, 3.8) is 0 Å². The summed E-state index contributed by atoms with van der Waals surface area (Å²) in [5.41, 5.74) is -0.0629. The number of amides is 1. The lowest BCUT2D eigenvalue weighted by Gasteiger charge is -2.28. The Balaban J connectivity index is 1.51. The monoisotopic (exact) mass is 544 g/mol. The molecule has 0 radical (unpaired) electrons. The van der Waals surface area contributed by atoms with Crippen LogP contribution in [0.1, 0.15) is 72.0 Å². The van der Waals surface area contributed by atoms with Crippen LogP contribution in [-0.2, 0) is 19.3 Å². The first-order valence-corrected chi connectivity index (χ1v) is 13.7. The van der Waals surface area contributed by atoms with Crippen molar-refractivity contribution in [3.05, 3.63) is 62.6 Å². The van der Waals surface area contributed by atoms with Crippen molar-refractivity contribution in [1.29, 1.82) is 0 Å². The minimum Gasteiger partial charge on any atom is -0.348 e. The number of thioether (sulfide) groups is 1. The quantitative estimate of drug-likeness (QED) is 0.383. The average molecular weight is 545 g/mol. The second kappa shape index (κ2) is 11.8. The molecule has 1 heterocycles. The summed E-state index contributed by atoms with van der Waals surface area (Å²) >= 11 is 14.3. The first-order valence-electron chi connectivity index (χ1n) is 12.1. The lowest BCUT2D eigenvalue weighted by atomic mass is 10.0. The maximum absolute atomic E-state index is 13.9. The minimum atomic E-state index is -4.61. The number of benzene rings is 2. The van der Waals surface area contributed by atoms with E-state index in [2.05, 4.69) is 5.32 Å². The molecule has 1 N–H and O–H groups in total. The molecule has 2 aromatic carbocycles. The van der Waals surface area contributed by atoms with E-state index in [-0.39, 0.29) is 29.2 Å². The fraction of sp³-hybridized carbons (Fsp3) is 0.500. The summed E-state index contributed by atoms with van der Waals surface area (Å²) in [7, 11) is 0. The third-order valence-corrected chi connectivity index (χ3v) is 8.68. The fourth-order valence-corrected chi connectivity index (χ4v) is 6.62. The highest BCUT2D eigenvalue weighted by atomic mass is 35.5. The lowest BCUT2D eigenvalue weighted by molar-refractivity contribution is -0.138. The lowest BCUT2D eigenvalue weighted by Crippen LogP contribution is -2.30. The van der Waals surface area contributed by atoms with Crippen LogP contribution in [0.25, 0.3) is 0 Å². The summed E-state index contributed by atoms with van der Waals surface area (Å²) in [4.78, 5) is 15.9. The van der Waals surface area contributed by atoms with Crippen LogP contribution in [-0.4, -0.2) is 29.1 Å². The number of piperidine rings is 1. The number of rotatable bonds is 7. The van der Waals surface area contributed by atoms with Gasteiger partial charge in [-0.05, 0) is 80.2 Å². The molecule has 0 unspecified atom stereocenters. The maximum Gasteiger partial charge on any atom is 0.416 e. The summed E-state index contributed by atoms with van der Waals surface area (Å²) in [6.07, 6.45) is 3.14. The third-order valence-electron chi connectivity index (χ3n) is 6.65. The molecular formula is C26H29Cl2F3N2OS. The predicted molar refractivity (Wildman–Crippen MR) is 136 cm³/mol. The van der Waals surface area contributed by atoms with Crippen LogP contribution in [0.3, 0.4) is 0 Å². The van der Waals surface area contributed by atoms with E-state index in [4.69, 9.17) is 23.2 Å². The SMILES string of the molecule is O=C(NCc1cc(Cl)ccc1SC1CCCC1)c1cc(Cl)c(CN2CCCCC2)c(C(F)(F)F)c1. The van der Waals surface area contributed by atoms with Crippen LogP contribution < -0.4 is 5.32 Å². The van der Waals surface area contributed by atoms with Gasteiger partial charge < -0.3 is 5.32 Å².